The molecule has 4 nitrogen and oxygen atoms in total. The van der Waals surface area contributed by atoms with Crippen LogP contribution < -0.4 is 5.32 Å². The van der Waals surface area contributed by atoms with Crippen molar-refractivity contribution in [2.75, 3.05) is 26.2 Å². The fourth-order valence-electron chi connectivity index (χ4n) is 2.57. The van der Waals surface area contributed by atoms with Crippen molar-refractivity contribution >= 4 is 5.91 Å². The Morgan fingerprint density at radius 1 is 1.38 bits per heavy atom. The lowest BCUT2D eigenvalue weighted by atomic mass is 10.1. The van der Waals surface area contributed by atoms with E-state index in [1.807, 2.05) is 12.1 Å². The van der Waals surface area contributed by atoms with E-state index in [4.69, 9.17) is 5.11 Å². The number of aliphatic hydroxyl groups excluding tert-OH is 1. The number of likely N-dealkylation sites (tertiary alicyclic amines) is 1. The number of hydrogen-bond acceptors (Lipinski definition) is 3. The quantitative estimate of drug-likeness (QED) is 0.819. The van der Waals surface area contributed by atoms with Crippen LogP contribution in [0.1, 0.15) is 35.7 Å². The number of carbonyl (C=O) groups is 1. The predicted molar refractivity (Wildman–Crippen MR) is 83.0 cm³/mol. The van der Waals surface area contributed by atoms with Crippen molar-refractivity contribution in [3.8, 4) is 11.8 Å². The topological polar surface area (TPSA) is 52.6 Å². The van der Waals surface area contributed by atoms with Crippen molar-refractivity contribution < 1.29 is 9.90 Å². The van der Waals surface area contributed by atoms with Crippen LogP contribution in [0.25, 0.3) is 0 Å². The lowest BCUT2D eigenvalue weighted by Gasteiger charge is -2.23. The van der Waals surface area contributed by atoms with E-state index in [9.17, 15) is 4.79 Å². The van der Waals surface area contributed by atoms with Crippen LogP contribution in [0.15, 0.2) is 24.3 Å². The molecule has 2 N–H and O–H groups in total. The van der Waals surface area contributed by atoms with Crippen molar-refractivity contribution in [1.82, 2.24) is 10.2 Å². The zero-order valence-corrected chi connectivity index (χ0v) is 12.4. The first-order chi connectivity index (χ1) is 10.2. The van der Waals surface area contributed by atoms with Gasteiger partial charge in [-0.3, -0.25) is 9.69 Å². The summed E-state index contributed by atoms with van der Waals surface area (Å²) in [7, 11) is 0. The van der Waals surface area contributed by atoms with Crippen molar-refractivity contribution in [3.05, 3.63) is 35.4 Å². The Labute approximate surface area is 126 Å². The van der Waals surface area contributed by atoms with Crippen LogP contribution in [0.5, 0.6) is 0 Å². The Balaban J connectivity index is 1.96. The van der Waals surface area contributed by atoms with Crippen molar-refractivity contribution in [3.63, 3.8) is 0 Å². The number of nitrogens with zero attached hydrogens (tertiary/aromatic N) is 1. The second-order valence-corrected chi connectivity index (χ2v) is 5.31. The third kappa shape index (κ3) is 4.32. The van der Waals surface area contributed by atoms with Crippen molar-refractivity contribution in [1.29, 1.82) is 0 Å². The molecule has 1 aliphatic heterocycles. The highest BCUT2D eigenvalue weighted by Crippen LogP contribution is 2.11. The summed E-state index contributed by atoms with van der Waals surface area (Å²) in [5, 5.41) is 11.8. The molecule has 1 amide bonds. The average Bonchev–Trinajstić information content (AvgIpc) is 3.05. The van der Waals surface area contributed by atoms with Gasteiger partial charge in [-0.15, -0.1) is 0 Å². The molecule has 1 aromatic rings. The fourth-order valence-corrected chi connectivity index (χ4v) is 2.57. The number of rotatable bonds is 4. The molecule has 1 fully saturated rings. The smallest absolute Gasteiger partial charge is 0.252 e. The molecular formula is C17H22N2O2. The maximum atomic E-state index is 12.3. The molecule has 0 spiro atoms. The van der Waals surface area contributed by atoms with E-state index in [1.165, 1.54) is 12.8 Å². The van der Waals surface area contributed by atoms with Gasteiger partial charge in [0.25, 0.3) is 5.91 Å². The standard InChI is InChI=1S/C17H22N2O2/c1-14(19-10-4-5-11-19)13-18-17(21)16-9-3-2-7-15(16)8-6-12-20/h2-3,7,9,14,20H,4-5,10-13H2,1H3,(H,18,21). The van der Waals surface area contributed by atoms with Crippen molar-refractivity contribution in [2.45, 2.75) is 25.8 Å². The van der Waals surface area contributed by atoms with E-state index >= 15 is 0 Å². The number of amides is 1. The minimum atomic E-state index is -0.206. The minimum Gasteiger partial charge on any atom is -0.384 e. The maximum Gasteiger partial charge on any atom is 0.252 e. The summed E-state index contributed by atoms with van der Waals surface area (Å²) in [6.45, 7) is 4.82. The molecule has 0 bridgehead atoms. The number of benzene rings is 1. The SMILES string of the molecule is CC(CNC(=O)c1ccccc1C#CCO)N1CCCC1. The molecule has 2 rings (SSSR count). The van der Waals surface area contributed by atoms with Gasteiger partial charge in [-0.1, -0.05) is 24.0 Å². The van der Waals surface area contributed by atoms with Crippen LogP contribution in [0, 0.1) is 11.8 Å². The highest BCUT2D eigenvalue weighted by atomic mass is 16.2. The number of aliphatic hydroxyl groups is 1. The van der Waals surface area contributed by atoms with E-state index in [0.29, 0.717) is 23.7 Å². The highest BCUT2D eigenvalue weighted by Gasteiger charge is 2.19. The van der Waals surface area contributed by atoms with Gasteiger partial charge < -0.3 is 10.4 Å². The fraction of sp³-hybridized carbons (Fsp3) is 0.471. The summed E-state index contributed by atoms with van der Waals surface area (Å²) in [6, 6.07) is 7.57. The molecule has 0 saturated carbocycles. The normalized spacial score (nSPS) is 16.1. The first-order valence-corrected chi connectivity index (χ1v) is 7.43. The van der Waals surface area contributed by atoms with E-state index in [0.717, 1.165) is 13.1 Å². The molecule has 1 aromatic carbocycles. The second-order valence-electron chi connectivity index (χ2n) is 5.31. The van der Waals surface area contributed by atoms with Crippen LogP contribution in [0.4, 0.5) is 0 Å². The number of carbonyl (C=O) groups excluding carboxylic acids is 1. The zero-order valence-electron chi connectivity index (χ0n) is 12.4. The van der Waals surface area contributed by atoms with Crippen LogP contribution in [0.3, 0.4) is 0 Å². The Bertz CT molecular complexity index is 539. The van der Waals surface area contributed by atoms with Gasteiger partial charge in [0.1, 0.15) is 6.61 Å². The van der Waals surface area contributed by atoms with Crippen LogP contribution in [0.2, 0.25) is 0 Å². The second kappa shape index (κ2) is 7.82. The largest absolute Gasteiger partial charge is 0.384 e. The summed E-state index contributed by atoms with van der Waals surface area (Å²) < 4.78 is 0. The Morgan fingerprint density at radius 2 is 2.10 bits per heavy atom. The zero-order chi connectivity index (χ0) is 15.1. The third-order valence-electron chi connectivity index (χ3n) is 3.80. The van der Waals surface area contributed by atoms with Gasteiger partial charge in [-0.2, -0.15) is 0 Å². The van der Waals surface area contributed by atoms with Gasteiger partial charge >= 0.3 is 0 Å². The van der Waals surface area contributed by atoms with E-state index < -0.39 is 0 Å². The summed E-state index contributed by atoms with van der Waals surface area (Å²) in [4.78, 5) is 14.7. The van der Waals surface area contributed by atoms with Crippen LogP contribution >= 0.6 is 0 Å². The van der Waals surface area contributed by atoms with Gasteiger partial charge in [0.2, 0.25) is 0 Å². The van der Waals surface area contributed by atoms with Gasteiger partial charge in [-0.05, 0) is 45.0 Å². The lowest BCUT2D eigenvalue weighted by Crippen LogP contribution is -2.40. The van der Waals surface area contributed by atoms with E-state index in [1.54, 1.807) is 12.1 Å². The number of nitrogens with one attached hydrogen (secondary N) is 1. The molecule has 112 valence electrons. The Morgan fingerprint density at radius 3 is 2.81 bits per heavy atom. The van der Waals surface area contributed by atoms with Gasteiger partial charge in [-0.25, -0.2) is 0 Å². The Hall–Kier alpha value is -1.83. The summed E-state index contributed by atoms with van der Waals surface area (Å²) >= 11 is 0. The van der Waals surface area contributed by atoms with Crippen LogP contribution in [-0.2, 0) is 0 Å². The molecule has 21 heavy (non-hydrogen) atoms. The molecular weight excluding hydrogens is 264 g/mol. The average molecular weight is 286 g/mol. The molecule has 1 saturated heterocycles. The summed E-state index contributed by atoms with van der Waals surface area (Å²) in [6.07, 6.45) is 2.50. The summed E-state index contributed by atoms with van der Waals surface area (Å²) in [5.41, 5.74) is 1.21. The van der Waals surface area contributed by atoms with E-state index in [-0.39, 0.29) is 12.5 Å². The molecule has 1 aliphatic rings. The van der Waals surface area contributed by atoms with Crippen LogP contribution in [-0.4, -0.2) is 48.2 Å². The molecule has 0 aliphatic carbocycles. The first-order valence-electron chi connectivity index (χ1n) is 7.43. The molecule has 1 heterocycles. The van der Waals surface area contributed by atoms with E-state index in [2.05, 4.69) is 29.0 Å². The molecule has 1 atom stereocenters. The third-order valence-corrected chi connectivity index (χ3v) is 3.80. The molecule has 4 heteroatoms. The van der Waals surface area contributed by atoms with Crippen molar-refractivity contribution in [2.24, 2.45) is 0 Å². The monoisotopic (exact) mass is 286 g/mol. The molecule has 1 unspecified atom stereocenters. The maximum absolute atomic E-state index is 12.3. The molecule has 0 radical (unpaired) electrons. The predicted octanol–water partition coefficient (Wildman–Crippen LogP) is 1.24. The highest BCUT2D eigenvalue weighted by molar-refractivity contribution is 5.96. The number of hydrogen-bond donors (Lipinski definition) is 2. The molecule has 0 aromatic heterocycles. The summed E-state index contributed by atoms with van der Waals surface area (Å²) in [5.74, 6) is 5.29. The Kier molecular flexibility index (Phi) is 5.79. The lowest BCUT2D eigenvalue weighted by molar-refractivity contribution is 0.0940. The first kappa shape index (κ1) is 15.6. The van der Waals surface area contributed by atoms with Gasteiger partial charge in [0.05, 0.1) is 5.56 Å². The minimum absolute atomic E-state index is 0.108. The van der Waals surface area contributed by atoms with Gasteiger partial charge in [0.15, 0.2) is 0 Å². The van der Waals surface area contributed by atoms with Gasteiger partial charge in [0, 0.05) is 18.2 Å².